The van der Waals surface area contributed by atoms with Crippen LogP contribution in [0.5, 0.6) is 5.75 Å². The Hall–Kier alpha value is -3.08. The van der Waals surface area contributed by atoms with E-state index in [9.17, 15) is 9.59 Å². The number of carbonyl (C=O) groups is 2. The Morgan fingerprint density at radius 2 is 1.50 bits per heavy atom. The molecule has 0 radical (unpaired) electrons. The Balaban J connectivity index is 2.03. The number of hydrogen-bond donors (Lipinski definition) is 0. The smallest absolute Gasteiger partial charge is 0.338 e. The number of hydrogen-bond acceptors (Lipinski definition) is 5. The number of nitrogens with zero attached hydrogens (tertiary/aromatic N) is 2. The van der Waals surface area contributed by atoms with E-state index in [2.05, 4.69) is 16.8 Å². The van der Waals surface area contributed by atoms with Gasteiger partial charge in [0.15, 0.2) is 0 Å². The van der Waals surface area contributed by atoms with Gasteiger partial charge >= 0.3 is 5.97 Å². The maximum atomic E-state index is 11.4. The van der Waals surface area contributed by atoms with Crippen LogP contribution in [0.2, 0.25) is 0 Å². The van der Waals surface area contributed by atoms with Crippen molar-refractivity contribution >= 4 is 23.6 Å². The highest BCUT2D eigenvalue weighted by Crippen LogP contribution is 2.21. The highest BCUT2D eigenvalue weighted by molar-refractivity contribution is 5.88. The molecule has 0 saturated carbocycles. The van der Waals surface area contributed by atoms with Crippen molar-refractivity contribution < 1.29 is 14.3 Å². The zero-order valence-electron chi connectivity index (χ0n) is 12.0. The number of carbonyl (C=O) groups excluding carboxylic acids is 2. The first-order valence-corrected chi connectivity index (χ1v) is 6.53. The van der Waals surface area contributed by atoms with Crippen LogP contribution in [0.4, 0.5) is 11.4 Å². The van der Waals surface area contributed by atoms with E-state index in [-0.39, 0.29) is 0 Å². The number of benzene rings is 2. The molecule has 2 aromatic rings. The molecule has 0 amide bonds. The van der Waals surface area contributed by atoms with E-state index in [1.165, 1.54) is 0 Å². The summed E-state index contributed by atoms with van der Waals surface area (Å²) in [6.07, 6.45) is 0.770. The minimum absolute atomic E-state index is 0.336. The van der Waals surface area contributed by atoms with Crippen LogP contribution >= 0.6 is 0 Å². The lowest BCUT2D eigenvalue weighted by molar-refractivity contribution is -0.130. The Kier molecular flexibility index (Phi) is 4.93. The van der Waals surface area contributed by atoms with Gasteiger partial charge in [-0.1, -0.05) is 6.58 Å². The fraction of sp³-hybridized carbons (Fsp3) is 0.0588. The minimum Gasteiger partial charge on any atom is -0.423 e. The number of ether oxygens (including phenoxy) is 1. The van der Waals surface area contributed by atoms with Gasteiger partial charge in [-0.2, -0.15) is 10.2 Å². The van der Waals surface area contributed by atoms with Gasteiger partial charge in [-0.3, -0.25) is 4.79 Å². The Morgan fingerprint density at radius 1 is 1.00 bits per heavy atom. The van der Waals surface area contributed by atoms with E-state index in [0.29, 0.717) is 28.3 Å². The molecular weight excluding hydrogens is 280 g/mol. The van der Waals surface area contributed by atoms with Crippen molar-refractivity contribution in [2.24, 2.45) is 10.2 Å². The highest BCUT2D eigenvalue weighted by Gasteiger charge is 2.04. The van der Waals surface area contributed by atoms with Gasteiger partial charge in [0.2, 0.25) is 0 Å². The van der Waals surface area contributed by atoms with E-state index in [4.69, 9.17) is 4.74 Å². The van der Waals surface area contributed by atoms with Crippen molar-refractivity contribution in [3.8, 4) is 5.75 Å². The summed E-state index contributed by atoms with van der Waals surface area (Å²) in [4.78, 5) is 21.9. The third kappa shape index (κ3) is 4.21. The number of esters is 1. The summed E-state index contributed by atoms with van der Waals surface area (Å²) in [6, 6.07) is 13.4. The Bertz CT molecular complexity index is 717. The monoisotopic (exact) mass is 294 g/mol. The molecule has 0 N–H and O–H groups in total. The fourth-order valence-corrected chi connectivity index (χ4v) is 1.51. The zero-order chi connectivity index (χ0) is 15.9. The number of azo groups is 1. The van der Waals surface area contributed by atoms with Crippen molar-refractivity contribution in [2.45, 2.75) is 6.92 Å². The molecule has 2 rings (SSSR count). The molecule has 0 atom stereocenters. The van der Waals surface area contributed by atoms with Gasteiger partial charge in [-0.25, -0.2) is 4.79 Å². The van der Waals surface area contributed by atoms with Gasteiger partial charge < -0.3 is 4.74 Å². The van der Waals surface area contributed by atoms with Crippen molar-refractivity contribution in [1.29, 1.82) is 0 Å². The van der Waals surface area contributed by atoms with Crippen molar-refractivity contribution in [1.82, 2.24) is 0 Å². The van der Waals surface area contributed by atoms with Crippen LogP contribution in [0.1, 0.15) is 17.3 Å². The van der Waals surface area contributed by atoms with Gasteiger partial charge in [0.05, 0.1) is 11.4 Å². The average molecular weight is 294 g/mol. The van der Waals surface area contributed by atoms with Gasteiger partial charge in [-0.05, 0) is 55.5 Å². The van der Waals surface area contributed by atoms with Crippen LogP contribution in [0.15, 0.2) is 70.9 Å². The summed E-state index contributed by atoms with van der Waals surface area (Å²) >= 11 is 0. The molecule has 0 heterocycles. The van der Waals surface area contributed by atoms with E-state index < -0.39 is 5.97 Å². The van der Waals surface area contributed by atoms with E-state index in [0.717, 1.165) is 6.29 Å². The molecule has 0 spiro atoms. The molecule has 0 bridgehead atoms. The molecule has 5 nitrogen and oxygen atoms in total. The SMILES string of the molecule is C=C(C)C(=O)Oc1ccc(N=Nc2ccc(C=O)cc2)cc1. The molecule has 0 aliphatic heterocycles. The molecular formula is C17H14N2O3. The minimum atomic E-state index is -0.468. The molecule has 5 heteroatoms. The second kappa shape index (κ2) is 7.08. The third-order valence-corrected chi connectivity index (χ3v) is 2.71. The van der Waals surface area contributed by atoms with Crippen LogP contribution in [-0.4, -0.2) is 12.3 Å². The first-order chi connectivity index (χ1) is 10.6. The Morgan fingerprint density at radius 3 is 1.95 bits per heavy atom. The Labute approximate surface area is 128 Å². The molecule has 0 aliphatic rings. The van der Waals surface area contributed by atoms with E-state index in [1.54, 1.807) is 55.5 Å². The molecule has 0 aromatic heterocycles. The second-order valence-corrected chi connectivity index (χ2v) is 4.57. The van der Waals surface area contributed by atoms with Crippen LogP contribution in [0.3, 0.4) is 0 Å². The summed E-state index contributed by atoms with van der Waals surface area (Å²) in [7, 11) is 0. The van der Waals surface area contributed by atoms with Crippen LogP contribution in [-0.2, 0) is 4.79 Å². The first kappa shape index (κ1) is 15.3. The lowest BCUT2D eigenvalue weighted by Crippen LogP contribution is -2.07. The average Bonchev–Trinajstić information content (AvgIpc) is 2.54. The lowest BCUT2D eigenvalue weighted by Gasteiger charge is -2.03. The molecule has 110 valence electrons. The molecule has 0 saturated heterocycles. The third-order valence-electron chi connectivity index (χ3n) is 2.71. The molecule has 0 fully saturated rings. The molecule has 0 unspecified atom stereocenters. The van der Waals surface area contributed by atoms with E-state index >= 15 is 0 Å². The number of aldehydes is 1. The largest absolute Gasteiger partial charge is 0.423 e. The summed E-state index contributed by atoms with van der Waals surface area (Å²) in [5.74, 6) is -0.0491. The quantitative estimate of drug-likeness (QED) is 0.270. The van der Waals surface area contributed by atoms with Gasteiger partial charge in [0.25, 0.3) is 0 Å². The van der Waals surface area contributed by atoms with Crippen LogP contribution in [0, 0.1) is 0 Å². The normalized spacial score (nSPS) is 10.4. The molecule has 22 heavy (non-hydrogen) atoms. The van der Waals surface area contributed by atoms with Gasteiger partial charge in [-0.15, -0.1) is 0 Å². The fourth-order valence-electron chi connectivity index (χ4n) is 1.51. The second-order valence-electron chi connectivity index (χ2n) is 4.57. The number of rotatable bonds is 5. The van der Waals surface area contributed by atoms with E-state index in [1.807, 2.05) is 0 Å². The standard InChI is InChI=1S/C17H14N2O3/c1-12(2)17(21)22-16-9-7-15(8-10-16)19-18-14-5-3-13(11-20)4-6-14/h3-11H,1H2,2H3. The maximum Gasteiger partial charge on any atom is 0.338 e. The predicted molar refractivity (Wildman–Crippen MR) is 82.9 cm³/mol. The summed E-state index contributed by atoms with van der Waals surface area (Å²) in [5.41, 5.74) is 2.18. The summed E-state index contributed by atoms with van der Waals surface area (Å²) in [5, 5.41) is 8.12. The predicted octanol–water partition coefficient (Wildman–Crippen LogP) is 4.40. The highest BCUT2D eigenvalue weighted by atomic mass is 16.5. The van der Waals surface area contributed by atoms with Gasteiger partial charge in [0.1, 0.15) is 12.0 Å². The zero-order valence-corrected chi connectivity index (χ0v) is 12.0. The topological polar surface area (TPSA) is 68.1 Å². The van der Waals surface area contributed by atoms with Crippen molar-refractivity contribution in [2.75, 3.05) is 0 Å². The van der Waals surface area contributed by atoms with Crippen molar-refractivity contribution in [3.63, 3.8) is 0 Å². The first-order valence-electron chi connectivity index (χ1n) is 6.53. The van der Waals surface area contributed by atoms with Crippen molar-refractivity contribution in [3.05, 3.63) is 66.2 Å². The van der Waals surface area contributed by atoms with Crippen LogP contribution in [0.25, 0.3) is 0 Å². The summed E-state index contributed by atoms with van der Waals surface area (Å²) in [6.45, 7) is 5.10. The van der Waals surface area contributed by atoms with Crippen LogP contribution < -0.4 is 4.74 Å². The molecule has 2 aromatic carbocycles. The summed E-state index contributed by atoms with van der Waals surface area (Å²) < 4.78 is 5.08. The lowest BCUT2D eigenvalue weighted by atomic mass is 10.2. The molecule has 0 aliphatic carbocycles. The van der Waals surface area contributed by atoms with Gasteiger partial charge in [0, 0.05) is 11.1 Å². The maximum absolute atomic E-state index is 11.4.